The Morgan fingerprint density at radius 2 is 2.18 bits per heavy atom. The summed E-state index contributed by atoms with van der Waals surface area (Å²) in [6, 6.07) is 0. The zero-order chi connectivity index (χ0) is 12.7. The van der Waals surface area contributed by atoms with Gasteiger partial charge in [-0.2, -0.15) is 11.8 Å². The molecule has 0 spiro atoms. The maximum atomic E-state index is 11.5. The normalized spacial score (nSPS) is 20.3. The fraction of sp³-hybridized carbons (Fsp3) is 0.818. The Morgan fingerprint density at radius 3 is 2.82 bits per heavy atom. The Hall–Kier alpha value is -0.750. The molecule has 1 saturated heterocycles. The van der Waals surface area contributed by atoms with Crippen molar-refractivity contribution in [1.29, 1.82) is 0 Å². The molecule has 5 nitrogen and oxygen atoms in total. The molecule has 0 bridgehead atoms. The summed E-state index contributed by atoms with van der Waals surface area (Å²) in [4.78, 5) is 23.9. The van der Waals surface area contributed by atoms with Gasteiger partial charge in [0, 0.05) is 24.8 Å². The number of thioether (sulfide) groups is 1. The highest BCUT2D eigenvalue weighted by atomic mass is 32.2. The summed E-state index contributed by atoms with van der Waals surface area (Å²) in [6.45, 7) is 1.71. The van der Waals surface area contributed by atoms with Gasteiger partial charge in [0.2, 0.25) is 11.8 Å². The molecular formula is C11H21N3O2S. The van der Waals surface area contributed by atoms with Crippen molar-refractivity contribution in [3.63, 3.8) is 0 Å². The average molecular weight is 259 g/mol. The Labute approximate surface area is 106 Å². The summed E-state index contributed by atoms with van der Waals surface area (Å²) in [7, 11) is 0. The van der Waals surface area contributed by atoms with Gasteiger partial charge in [-0.05, 0) is 25.0 Å². The maximum absolute atomic E-state index is 11.5. The molecule has 17 heavy (non-hydrogen) atoms. The molecule has 0 aromatic heterocycles. The third-order valence-electron chi connectivity index (χ3n) is 2.83. The summed E-state index contributed by atoms with van der Waals surface area (Å²) >= 11 is 1.83. The number of primary amides is 1. The van der Waals surface area contributed by atoms with E-state index in [4.69, 9.17) is 11.5 Å². The highest BCUT2D eigenvalue weighted by molar-refractivity contribution is 7.99. The molecule has 0 radical (unpaired) electrons. The smallest absolute Gasteiger partial charge is 0.236 e. The van der Waals surface area contributed by atoms with Crippen LogP contribution < -0.4 is 11.5 Å². The number of piperidine rings is 1. The van der Waals surface area contributed by atoms with Crippen LogP contribution in [0.25, 0.3) is 0 Å². The van der Waals surface area contributed by atoms with Crippen LogP contribution in [-0.4, -0.2) is 47.4 Å². The summed E-state index contributed by atoms with van der Waals surface area (Å²) in [6.07, 6.45) is 3.45. The standard InChI is InChI=1S/C11H21N3O2S/c12-7-11(16)14-5-1-3-9(8-14)17-6-2-4-10(13)15/h9H,1-8,12H2,(H2,13,15). The number of carbonyl (C=O) groups is 2. The van der Waals surface area contributed by atoms with E-state index in [2.05, 4.69) is 0 Å². The molecule has 0 aromatic rings. The second-order valence-electron chi connectivity index (χ2n) is 4.25. The van der Waals surface area contributed by atoms with Crippen molar-refractivity contribution in [1.82, 2.24) is 4.90 Å². The lowest BCUT2D eigenvalue weighted by molar-refractivity contribution is -0.130. The van der Waals surface area contributed by atoms with Gasteiger partial charge in [-0.15, -0.1) is 0 Å². The molecule has 6 heteroatoms. The van der Waals surface area contributed by atoms with E-state index >= 15 is 0 Å². The molecule has 1 rings (SSSR count). The lowest BCUT2D eigenvalue weighted by Gasteiger charge is -2.32. The van der Waals surface area contributed by atoms with Gasteiger partial charge < -0.3 is 16.4 Å². The van der Waals surface area contributed by atoms with Crippen molar-refractivity contribution >= 4 is 23.6 Å². The summed E-state index contributed by atoms with van der Waals surface area (Å²) in [5.74, 6) is 0.722. The van der Waals surface area contributed by atoms with E-state index in [9.17, 15) is 9.59 Å². The largest absolute Gasteiger partial charge is 0.370 e. The average Bonchev–Trinajstić information content (AvgIpc) is 2.34. The molecule has 1 fully saturated rings. The first-order valence-electron chi connectivity index (χ1n) is 6.01. The number of amides is 2. The Bertz CT molecular complexity index is 273. The molecule has 0 saturated carbocycles. The van der Waals surface area contributed by atoms with E-state index in [0.29, 0.717) is 11.7 Å². The Morgan fingerprint density at radius 1 is 1.41 bits per heavy atom. The van der Waals surface area contributed by atoms with Crippen LogP contribution in [0.5, 0.6) is 0 Å². The molecule has 2 amide bonds. The van der Waals surface area contributed by atoms with E-state index < -0.39 is 0 Å². The molecule has 1 aliphatic rings. The van der Waals surface area contributed by atoms with Crippen molar-refractivity contribution in [2.24, 2.45) is 11.5 Å². The molecule has 0 aliphatic carbocycles. The monoisotopic (exact) mass is 259 g/mol. The first-order chi connectivity index (χ1) is 8.13. The topological polar surface area (TPSA) is 89.4 Å². The van der Waals surface area contributed by atoms with Crippen molar-refractivity contribution in [3.8, 4) is 0 Å². The molecule has 98 valence electrons. The number of hydrogen-bond acceptors (Lipinski definition) is 4. The first-order valence-corrected chi connectivity index (χ1v) is 7.06. The highest BCUT2D eigenvalue weighted by Crippen LogP contribution is 2.23. The number of hydrogen-bond donors (Lipinski definition) is 2. The second-order valence-corrected chi connectivity index (χ2v) is 5.66. The van der Waals surface area contributed by atoms with Crippen molar-refractivity contribution in [3.05, 3.63) is 0 Å². The minimum Gasteiger partial charge on any atom is -0.370 e. The summed E-state index contributed by atoms with van der Waals surface area (Å²) < 4.78 is 0. The van der Waals surface area contributed by atoms with Crippen molar-refractivity contribution < 1.29 is 9.59 Å². The van der Waals surface area contributed by atoms with E-state index in [1.165, 1.54) is 0 Å². The van der Waals surface area contributed by atoms with Crippen LogP contribution in [0, 0.1) is 0 Å². The highest BCUT2D eigenvalue weighted by Gasteiger charge is 2.22. The Balaban J connectivity index is 2.20. The first kappa shape index (κ1) is 14.3. The number of carbonyl (C=O) groups excluding carboxylic acids is 2. The van der Waals surface area contributed by atoms with Crippen LogP contribution in [0.15, 0.2) is 0 Å². The molecule has 1 heterocycles. The second kappa shape index (κ2) is 7.55. The lowest BCUT2D eigenvalue weighted by Crippen LogP contribution is -2.44. The van der Waals surface area contributed by atoms with E-state index in [1.54, 1.807) is 0 Å². The number of nitrogens with zero attached hydrogens (tertiary/aromatic N) is 1. The number of nitrogens with two attached hydrogens (primary N) is 2. The van der Waals surface area contributed by atoms with Gasteiger partial charge >= 0.3 is 0 Å². The third-order valence-corrected chi connectivity index (χ3v) is 4.21. The van der Waals surface area contributed by atoms with Crippen molar-refractivity contribution in [2.45, 2.75) is 30.9 Å². The van der Waals surface area contributed by atoms with Crippen LogP contribution in [0.1, 0.15) is 25.7 Å². The van der Waals surface area contributed by atoms with Gasteiger partial charge in [0.15, 0.2) is 0 Å². The molecule has 0 aromatic carbocycles. The van der Waals surface area contributed by atoms with E-state index in [-0.39, 0.29) is 18.4 Å². The molecule has 1 unspecified atom stereocenters. The minimum atomic E-state index is -0.241. The molecule has 4 N–H and O–H groups in total. The van der Waals surface area contributed by atoms with Crippen LogP contribution in [0.4, 0.5) is 0 Å². The van der Waals surface area contributed by atoms with Crippen LogP contribution in [0.2, 0.25) is 0 Å². The van der Waals surface area contributed by atoms with Gasteiger partial charge in [0.05, 0.1) is 6.54 Å². The lowest BCUT2D eigenvalue weighted by atomic mass is 10.1. The van der Waals surface area contributed by atoms with E-state index in [0.717, 1.165) is 38.1 Å². The van der Waals surface area contributed by atoms with Crippen LogP contribution >= 0.6 is 11.8 Å². The maximum Gasteiger partial charge on any atom is 0.236 e. The zero-order valence-corrected chi connectivity index (χ0v) is 10.9. The van der Waals surface area contributed by atoms with Gasteiger partial charge in [0.25, 0.3) is 0 Å². The number of likely N-dealkylation sites (tertiary alicyclic amines) is 1. The van der Waals surface area contributed by atoms with Gasteiger partial charge in [-0.25, -0.2) is 0 Å². The summed E-state index contributed by atoms with van der Waals surface area (Å²) in [5.41, 5.74) is 10.4. The fourth-order valence-corrected chi connectivity index (χ4v) is 3.19. The predicted molar refractivity (Wildman–Crippen MR) is 69.5 cm³/mol. The summed E-state index contributed by atoms with van der Waals surface area (Å²) in [5, 5.41) is 0.479. The molecule has 1 atom stereocenters. The number of rotatable bonds is 6. The Kier molecular flexibility index (Phi) is 6.36. The third kappa shape index (κ3) is 5.41. The predicted octanol–water partition coefficient (Wildman–Crippen LogP) is -0.0652. The SMILES string of the molecule is NCC(=O)N1CCCC(SCCCC(N)=O)C1. The van der Waals surface area contributed by atoms with E-state index in [1.807, 2.05) is 16.7 Å². The van der Waals surface area contributed by atoms with Gasteiger partial charge in [0.1, 0.15) is 0 Å². The molecular weight excluding hydrogens is 238 g/mol. The fourth-order valence-electron chi connectivity index (χ4n) is 1.93. The molecule has 1 aliphatic heterocycles. The zero-order valence-electron chi connectivity index (χ0n) is 10.1. The van der Waals surface area contributed by atoms with Crippen LogP contribution in [-0.2, 0) is 9.59 Å². The van der Waals surface area contributed by atoms with Crippen LogP contribution in [0.3, 0.4) is 0 Å². The van der Waals surface area contributed by atoms with Gasteiger partial charge in [-0.1, -0.05) is 0 Å². The minimum absolute atomic E-state index is 0.0347. The van der Waals surface area contributed by atoms with Gasteiger partial charge in [-0.3, -0.25) is 9.59 Å². The quantitative estimate of drug-likeness (QED) is 0.654. The van der Waals surface area contributed by atoms with Crippen molar-refractivity contribution in [2.75, 3.05) is 25.4 Å².